The lowest BCUT2D eigenvalue weighted by Gasteiger charge is -2.37. The Morgan fingerprint density at radius 2 is 1.89 bits per heavy atom. The van der Waals surface area contributed by atoms with Crippen molar-refractivity contribution in [1.29, 1.82) is 0 Å². The molecule has 0 saturated heterocycles. The highest BCUT2D eigenvalue weighted by atomic mass is 19.1. The zero-order chi connectivity index (χ0) is 25.3. The van der Waals surface area contributed by atoms with Crippen LogP contribution in [-0.4, -0.2) is 28.5 Å². The molecular formula is C27H32FN5O2. The van der Waals surface area contributed by atoms with Crippen molar-refractivity contribution in [3.63, 3.8) is 0 Å². The van der Waals surface area contributed by atoms with E-state index in [1.807, 2.05) is 45.9 Å². The fourth-order valence-corrected chi connectivity index (χ4v) is 4.21. The second-order valence-electron chi connectivity index (χ2n) is 9.38. The van der Waals surface area contributed by atoms with Crippen molar-refractivity contribution >= 4 is 23.4 Å². The van der Waals surface area contributed by atoms with Gasteiger partial charge >= 0.3 is 5.97 Å². The number of aromatic nitrogens is 2. The van der Waals surface area contributed by atoms with Crippen molar-refractivity contribution in [2.24, 2.45) is 11.7 Å². The zero-order valence-corrected chi connectivity index (χ0v) is 20.8. The Hall–Kier alpha value is -3.52. The molecule has 7 nitrogen and oxygen atoms in total. The van der Waals surface area contributed by atoms with Gasteiger partial charge in [0.2, 0.25) is 5.95 Å². The first-order valence-electron chi connectivity index (χ1n) is 11.9. The van der Waals surface area contributed by atoms with Gasteiger partial charge in [-0.1, -0.05) is 19.9 Å². The average molecular weight is 478 g/mol. The standard InChI is InChI=1S/C27H32FN5O2/c1-15(2)24(29)26(34)35-22-11-6-19-12-13-33(18(5)23(19)14-22)25-16(3)17(4)30-27(32-25)31-21-9-7-20(28)8-10-21/h6-11,14-15,18,24H,12-13,29H2,1-5H3,(H,30,31,32)/t18?,24-/m0/s1. The number of hydrogen-bond acceptors (Lipinski definition) is 7. The van der Waals surface area contributed by atoms with E-state index in [1.54, 1.807) is 12.1 Å². The first kappa shape index (κ1) is 24.6. The number of esters is 1. The topological polar surface area (TPSA) is 93.4 Å². The van der Waals surface area contributed by atoms with Gasteiger partial charge in [0, 0.05) is 23.5 Å². The number of anilines is 3. The van der Waals surface area contributed by atoms with Gasteiger partial charge in [-0.2, -0.15) is 4.98 Å². The molecule has 1 aliphatic rings. The minimum atomic E-state index is -0.668. The minimum absolute atomic E-state index is 0.00263. The van der Waals surface area contributed by atoms with E-state index in [0.29, 0.717) is 17.4 Å². The lowest BCUT2D eigenvalue weighted by molar-refractivity contribution is -0.136. The number of hydrogen-bond donors (Lipinski definition) is 2. The summed E-state index contributed by atoms with van der Waals surface area (Å²) in [5, 5.41) is 3.18. The molecule has 8 heteroatoms. The maximum atomic E-state index is 13.3. The number of aryl methyl sites for hydroxylation is 1. The van der Waals surface area contributed by atoms with Crippen LogP contribution in [0, 0.1) is 25.6 Å². The molecule has 0 spiro atoms. The Morgan fingerprint density at radius 3 is 2.57 bits per heavy atom. The largest absolute Gasteiger partial charge is 0.425 e. The molecule has 0 amide bonds. The molecular weight excluding hydrogens is 445 g/mol. The number of fused-ring (bicyclic) bond motifs is 1. The maximum absolute atomic E-state index is 13.3. The van der Waals surface area contributed by atoms with Crippen molar-refractivity contribution in [3.05, 3.63) is 70.7 Å². The van der Waals surface area contributed by atoms with Crippen molar-refractivity contribution in [3.8, 4) is 5.75 Å². The van der Waals surface area contributed by atoms with E-state index in [2.05, 4.69) is 22.1 Å². The fraction of sp³-hybridized carbons (Fsp3) is 0.370. The molecule has 2 heterocycles. The Bertz CT molecular complexity index is 1230. The first-order chi connectivity index (χ1) is 16.6. The number of halogens is 1. The molecule has 3 N–H and O–H groups in total. The number of carbonyl (C=O) groups excluding carboxylic acids is 1. The van der Waals surface area contributed by atoms with E-state index >= 15 is 0 Å². The molecule has 184 valence electrons. The monoisotopic (exact) mass is 477 g/mol. The number of nitrogens with one attached hydrogen (secondary N) is 1. The van der Waals surface area contributed by atoms with Gasteiger partial charge in [-0.25, -0.2) is 14.2 Å². The second kappa shape index (κ2) is 10.00. The van der Waals surface area contributed by atoms with Crippen LogP contribution in [-0.2, 0) is 11.2 Å². The molecule has 3 aromatic rings. The summed E-state index contributed by atoms with van der Waals surface area (Å²) in [4.78, 5) is 24.0. The maximum Gasteiger partial charge on any atom is 0.328 e. The van der Waals surface area contributed by atoms with E-state index in [9.17, 15) is 9.18 Å². The van der Waals surface area contributed by atoms with Crippen LogP contribution in [0.25, 0.3) is 0 Å². The van der Waals surface area contributed by atoms with Crippen LogP contribution in [0.4, 0.5) is 21.8 Å². The third-order valence-electron chi connectivity index (χ3n) is 6.60. The summed E-state index contributed by atoms with van der Waals surface area (Å²) in [5.74, 6) is 1.06. The Morgan fingerprint density at radius 1 is 1.17 bits per heavy atom. The summed E-state index contributed by atoms with van der Waals surface area (Å²) in [6.07, 6.45) is 0.836. The van der Waals surface area contributed by atoms with Crippen LogP contribution in [0.1, 0.15) is 49.2 Å². The van der Waals surface area contributed by atoms with Crippen molar-refractivity contribution in [2.45, 2.75) is 53.1 Å². The van der Waals surface area contributed by atoms with Gasteiger partial charge in [-0.05, 0) is 80.6 Å². The van der Waals surface area contributed by atoms with E-state index in [0.717, 1.165) is 35.6 Å². The zero-order valence-electron chi connectivity index (χ0n) is 20.8. The SMILES string of the molecule is Cc1nc(Nc2ccc(F)cc2)nc(N2CCc3ccc(OC(=O)[C@@H](N)C(C)C)cc3C2C)c1C. The van der Waals surface area contributed by atoms with E-state index < -0.39 is 12.0 Å². The van der Waals surface area contributed by atoms with Crippen LogP contribution in [0.5, 0.6) is 5.75 Å². The summed E-state index contributed by atoms with van der Waals surface area (Å²) >= 11 is 0. The molecule has 1 aliphatic heterocycles. The lowest BCUT2D eigenvalue weighted by atomic mass is 9.93. The second-order valence-corrected chi connectivity index (χ2v) is 9.38. The fourth-order valence-electron chi connectivity index (χ4n) is 4.21. The van der Waals surface area contributed by atoms with E-state index in [-0.39, 0.29) is 17.8 Å². The van der Waals surface area contributed by atoms with E-state index in [4.69, 9.17) is 15.5 Å². The Labute approximate surface area is 205 Å². The lowest BCUT2D eigenvalue weighted by Crippen LogP contribution is -2.38. The number of benzene rings is 2. The molecule has 0 saturated carbocycles. The van der Waals surface area contributed by atoms with Crippen LogP contribution in [0.2, 0.25) is 0 Å². The van der Waals surface area contributed by atoms with Crippen molar-refractivity contribution in [2.75, 3.05) is 16.8 Å². The van der Waals surface area contributed by atoms with Crippen LogP contribution in [0.3, 0.4) is 0 Å². The van der Waals surface area contributed by atoms with Crippen LogP contribution in [0.15, 0.2) is 42.5 Å². The predicted molar refractivity (Wildman–Crippen MR) is 136 cm³/mol. The Balaban J connectivity index is 1.61. The molecule has 0 aliphatic carbocycles. The Kier molecular flexibility index (Phi) is 7.03. The number of ether oxygens (including phenoxy) is 1. The average Bonchev–Trinajstić information content (AvgIpc) is 2.83. The van der Waals surface area contributed by atoms with Gasteiger partial charge in [0.25, 0.3) is 0 Å². The number of rotatable bonds is 6. The summed E-state index contributed by atoms with van der Waals surface area (Å²) < 4.78 is 18.9. The molecule has 0 fully saturated rings. The smallest absolute Gasteiger partial charge is 0.328 e. The summed E-state index contributed by atoms with van der Waals surface area (Å²) in [5.41, 5.74) is 10.8. The highest BCUT2D eigenvalue weighted by molar-refractivity contribution is 5.78. The molecule has 2 aromatic carbocycles. The molecule has 35 heavy (non-hydrogen) atoms. The summed E-state index contributed by atoms with van der Waals surface area (Å²) in [6.45, 7) is 10.7. The van der Waals surface area contributed by atoms with Crippen molar-refractivity contribution < 1.29 is 13.9 Å². The van der Waals surface area contributed by atoms with Gasteiger partial charge in [-0.15, -0.1) is 0 Å². The predicted octanol–water partition coefficient (Wildman–Crippen LogP) is 4.99. The normalized spacial score (nSPS) is 16.1. The molecule has 1 unspecified atom stereocenters. The van der Waals surface area contributed by atoms with Crippen LogP contribution < -0.4 is 20.7 Å². The first-order valence-corrected chi connectivity index (χ1v) is 11.9. The van der Waals surface area contributed by atoms with Gasteiger partial charge in [-0.3, -0.25) is 0 Å². The van der Waals surface area contributed by atoms with Crippen molar-refractivity contribution in [1.82, 2.24) is 9.97 Å². The third-order valence-corrected chi connectivity index (χ3v) is 6.60. The highest BCUT2D eigenvalue weighted by Crippen LogP contribution is 2.37. The van der Waals surface area contributed by atoms with Gasteiger partial charge in [0.15, 0.2) is 0 Å². The summed E-state index contributed by atoms with van der Waals surface area (Å²) in [6, 6.07) is 11.2. The van der Waals surface area contributed by atoms with Gasteiger partial charge in [0.05, 0.1) is 6.04 Å². The molecule has 0 bridgehead atoms. The molecule has 4 rings (SSSR count). The number of nitrogens with two attached hydrogens (primary N) is 1. The summed E-state index contributed by atoms with van der Waals surface area (Å²) in [7, 11) is 0. The molecule has 2 atom stereocenters. The minimum Gasteiger partial charge on any atom is -0.425 e. The van der Waals surface area contributed by atoms with Gasteiger partial charge in [0.1, 0.15) is 23.4 Å². The van der Waals surface area contributed by atoms with E-state index in [1.165, 1.54) is 17.7 Å². The van der Waals surface area contributed by atoms with Crippen LogP contribution >= 0.6 is 0 Å². The third kappa shape index (κ3) is 5.27. The van der Waals surface area contributed by atoms with Gasteiger partial charge < -0.3 is 20.7 Å². The molecule has 1 aromatic heterocycles. The number of carbonyl (C=O) groups is 1. The number of nitrogens with zero attached hydrogens (tertiary/aromatic N) is 3. The quantitative estimate of drug-likeness (QED) is 0.382. The molecule has 0 radical (unpaired) electrons. The highest BCUT2D eigenvalue weighted by Gasteiger charge is 2.28.